The van der Waals surface area contributed by atoms with Crippen molar-refractivity contribution in [2.24, 2.45) is 0 Å². The second kappa shape index (κ2) is 10.1. The van der Waals surface area contributed by atoms with E-state index in [0.717, 1.165) is 30.7 Å². The van der Waals surface area contributed by atoms with Gasteiger partial charge in [0, 0.05) is 39.8 Å². The summed E-state index contributed by atoms with van der Waals surface area (Å²) in [6, 6.07) is 12.5. The normalized spacial score (nSPS) is 14.5. The van der Waals surface area contributed by atoms with Gasteiger partial charge >= 0.3 is 5.56 Å². The minimum atomic E-state index is -0.687. The zero-order valence-corrected chi connectivity index (χ0v) is 21.2. The van der Waals surface area contributed by atoms with Crippen LogP contribution >= 0.6 is 23.2 Å². The molecule has 5 rings (SSSR count). The molecule has 4 aromatic rings. The van der Waals surface area contributed by atoms with Crippen molar-refractivity contribution in [3.05, 3.63) is 74.1 Å². The number of para-hydroxylation sites is 2. The van der Waals surface area contributed by atoms with Gasteiger partial charge in [0.2, 0.25) is 11.5 Å². The summed E-state index contributed by atoms with van der Waals surface area (Å²) in [6.45, 7) is 4.50. The number of rotatable bonds is 6. The summed E-state index contributed by atoms with van der Waals surface area (Å²) in [4.78, 5) is 34.8. The number of ether oxygens (including phenoxy) is 1. The number of hydrogen-bond acceptors (Lipinski definition) is 6. The molecule has 11 heteroatoms. The van der Waals surface area contributed by atoms with Crippen LogP contribution in [-0.2, 0) is 17.8 Å². The van der Waals surface area contributed by atoms with Crippen molar-refractivity contribution >= 4 is 45.9 Å². The lowest BCUT2D eigenvalue weighted by atomic mass is 10.2. The molecule has 0 atom stereocenters. The number of amides is 1. The molecule has 9 nitrogen and oxygen atoms in total. The zero-order valence-electron chi connectivity index (χ0n) is 19.7. The number of carbonyl (C=O) groups excluding carboxylic acids is 1. The highest BCUT2D eigenvalue weighted by Crippen LogP contribution is 2.25. The van der Waals surface area contributed by atoms with Crippen molar-refractivity contribution < 1.29 is 14.6 Å². The largest absolute Gasteiger partial charge is 0.501 e. The third-order valence-corrected chi connectivity index (χ3v) is 7.13. The van der Waals surface area contributed by atoms with Gasteiger partial charge in [-0.15, -0.1) is 0 Å². The number of halogens is 2. The average molecular weight is 530 g/mol. The molecule has 0 bridgehead atoms. The summed E-state index contributed by atoms with van der Waals surface area (Å²) in [7, 11) is 1.57. The Morgan fingerprint density at radius 2 is 1.81 bits per heavy atom. The molecule has 1 aliphatic heterocycles. The number of morpholine rings is 1. The molecular weight excluding hydrogens is 505 g/mol. The predicted octanol–water partition coefficient (Wildman–Crippen LogP) is 3.27. The van der Waals surface area contributed by atoms with E-state index in [1.165, 1.54) is 9.30 Å². The molecule has 36 heavy (non-hydrogen) atoms. The van der Waals surface area contributed by atoms with Gasteiger partial charge in [0.1, 0.15) is 0 Å². The predicted molar refractivity (Wildman–Crippen MR) is 138 cm³/mol. The molecule has 1 N–H and O–H groups in total. The highest BCUT2D eigenvalue weighted by molar-refractivity contribution is 6.42. The number of imidazole rings is 1. The second-order valence-electron chi connectivity index (χ2n) is 8.75. The molecule has 0 radical (unpaired) electrons. The third-order valence-electron chi connectivity index (χ3n) is 6.39. The third kappa shape index (κ3) is 4.55. The van der Waals surface area contributed by atoms with Gasteiger partial charge in [0.25, 0.3) is 5.91 Å². The molecule has 1 fully saturated rings. The maximum Gasteiger partial charge on any atom is 0.302 e. The van der Waals surface area contributed by atoms with Crippen LogP contribution in [0.3, 0.4) is 0 Å². The van der Waals surface area contributed by atoms with Crippen molar-refractivity contribution in [1.29, 1.82) is 0 Å². The molecule has 0 unspecified atom stereocenters. The highest BCUT2D eigenvalue weighted by Gasteiger charge is 2.25. The standard InChI is InChI=1S/C25H25Cl2N5O4/c1-29(15-16-6-7-17(26)18(27)14-16)23(34)21-22(33)24(35)32-20-5-3-2-4-19(20)31(25(32)28-21)9-8-30-10-12-36-13-11-30/h2-7,14,33H,8-13,15H2,1H3. The van der Waals surface area contributed by atoms with E-state index in [9.17, 15) is 14.7 Å². The number of aromatic hydroxyl groups is 1. The van der Waals surface area contributed by atoms with E-state index < -0.39 is 17.2 Å². The summed E-state index contributed by atoms with van der Waals surface area (Å²) < 4.78 is 8.71. The van der Waals surface area contributed by atoms with Gasteiger partial charge in [0.05, 0.1) is 34.3 Å². The molecule has 0 aliphatic carbocycles. The Morgan fingerprint density at radius 3 is 2.53 bits per heavy atom. The Balaban J connectivity index is 1.53. The van der Waals surface area contributed by atoms with Crippen molar-refractivity contribution in [3.8, 4) is 5.75 Å². The van der Waals surface area contributed by atoms with Crippen molar-refractivity contribution in [3.63, 3.8) is 0 Å². The molecule has 2 aromatic heterocycles. The van der Waals surface area contributed by atoms with E-state index in [2.05, 4.69) is 9.88 Å². The van der Waals surface area contributed by atoms with Gasteiger partial charge in [-0.3, -0.25) is 14.5 Å². The maximum absolute atomic E-state index is 13.3. The first-order chi connectivity index (χ1) is 17.3. The van der Waals surface area contributed by atoms with Crippen LogP contribution in [0.1, 0.15) is 16.1 Å². The van der Waals surface area contributed by atoms with Crippen LogP contribution in [0.4, 0.5) is 0 Å². The first-order valence-corrected chi connectivity index (χ1v) is 12.3. The summed E-state index contributed by atoms with van der Waals surface area (Å²) in [5.41, 5.74) is 1.18. The fraction of sp³-hybridized carbons (Fsp3) is 0.320. The second-order valence-corrected chi connectivity index (χ2v) is 9.57. The van der Waals surface area contributed by atoms with Gasteiger partial charge in [0.15, 0.2) is 5.69 Å². The number of carbonyl (C=O) groups is 1. The lowest BCUT2D eigenvalue weighted by Crippen LogP contribution is -2.38. The lowest BCUT2D eigenvalue weighted by molar-refractivity contribution is 0.0366. The molecule has 0 spiro atoms. The molecule has 1 aliphatic rings. The van der Waals surface area contributed by atoms with Gasteiger partial charge in [-0.1, -0.05) is 41.4 Å². The first kappa shape index (κ1) is 24.6. The number of benzene rings is 2. The van der Waals surface area contributed by atoms with Gasteiger partial charge in [-0.25, -0.2) is 9.38 Å². The SMILES string of the molecule is CN(Cc1ccc(Cl)c(Cl)c1)C(=O)c1nc2n(CCN3CCOCC3)c3ccccc3n2c(=O)c1O. The van der Waals surface area contributed by atoms with Crippen molar-refractivity contribution in [2.75, 3.05) is 39.9 Å². The van der Waals surface area contributed by atoms with Crippen LogP contribution < -0.4 is 5.56 Å². The Bertz CT molecular complexity index is 1510. The van der Waals surface area contributed by atoms with Crippen LogP contribution in [0.2, 0.25) is 10.0 Å². The number of aromatic nitrogens is 3. The van der Waals surface area contributed by atoms with E-state index in [0.29, 0.717) is 41.1 Å². The molecule has 2 aromatic carbocycles. The first-order valence-electron chi connectivity index (χ1n) is 11.6. The van der Waals surface area contributed by atoms with Crippen LogP contribution in [0.15, 0.2) is 47.3 Å². The van der Waals surface area contributed by atoms with E-state index in [1.54, 1.807) is 31.3 Å². The monoisotopic (exact) mass is 529 g/mol. The van der Waals surface area contributed by atoms with Crippen LogP contribution in [0.5, 0.6) is 5.75 Å². The Morgan fingerprint density at radius 1 is 1.08 bits per heavy atom. The van der Waals surface area contributed by atoms with Gasteiger partial charge in [-0.2, -0.15) is 0 Å². The van der Waals surface area contributed by atoms with Crippen molar-refractivity contribution in [2.45, 2.75) is 13.1 Å². The van der Waals surface area contributed by atoms with Crippen LogP contribution in [0, 0.1) is 0 Å². The fourth-order valence-corrected chi connectivity index (χ4v) is 4.81. The van der Waals surface area contributed by atoms with E-state index in [1.807, 2.05) is 22.8 Å². The minimum Gasteiger partial charge on any atom is -0.501 e. The Hall–Kier alpha value is -3.11. The molecule has 1 saturated heterocycles. The Kier molecular flexibility index (Phi) is 6.90. The van der Waals surface area contributed by atoms with Crippen molar-refractivity contribution in [1.82, 2.24) is 23.8 Å². The number of fused-ring (bicyclic) bond motifs is 3. The lowest BCUT2D eigenvalue weighted by Gasteiger charge is -2.26. The Labute approximate surface area is 217 Å². The number of nitrogens with zero attached hydrogens (tertiary/aromatic N) is 5. The maximum atomic E-state index is 13.3. The summed E-state index contributed by atoms with van der Waals surface area (Å²) >= 11 is 12.1. The summed E-state index contributed by atoms with van der Waals surface area (Å²) in [5.74, 6) is -0.962. The molecule has 188 valence electrons. The fourth-order valence-electron chi connectivity index (χ4n) is 4.49. The minimum absolute atomic E-state index is 0.191. The smallest absolute Gasteiger partial charge is 0.302 e. The summed E-state index contributed by atoms with van der Waals surface area (Å²) in [6.07, 6.45) is 0. The molecule has 0 saturated carbocycles. The highest BCUT2D eigenvalue weighted by atomic mass is 35.5. The summed E-state index contributed by atoms with van der Waals surface area (Å²) in [5, 5.41) is 11.5. The van der Waals surface area contributed by atoms with Gasteiger partial charge in [-0.05, 0) is 29.8 Å². The number of hydrogen-bond donors (Lipinski definition) is 1. The quantitative estimate of drug-likeness (QED) is 0.412. The van der Waals surface area contributed by atoms with Gasteiger partial charge < -0.3 is 19.3 Å². The average Bonchev–Trinajstić information content (AvgIpc) is 3.20. The van der Waals surface area contributed by atoms with E-state index >= 15 is 0 Å². The van der Waals surface area contributed by atoms with E-state index in [-0.39, 0.29) is 12.2 Å². The zero-order chi connectivity index (χ0) is 25.4. The topological polar surface area (TPSA) is 92.3 Å². The van der Waals surface area contributed by atoms with Crippen LogP contribution in [0.25, 0.3) is 16.8 Å². The van der Waals surface area contributed by atoms with Crippen LogP contribution in [-0.4, -0.2) is 74.7 Å². The molecule has 3 heterocycles. The van der Waals surface area contributed by atoms with E-state index in [4.69, 9.17) is 27.9 Å². The molecule has 1 amide bonds. The molecular formula is C25H25Cl2N5O4.